The Morgan fingerprint density at radius 3 is 2.66 bits per heavy atom. The van der Waals surface area contributed by atoms with E-state index in [2.05, 4.69) is 26.1 Å². The van der Waals surface area contributed by atoms with Crippen molar-refractivity contribution in [2.24, 2.45) is 5.41 Å². The number of unbranched alkanes of at least 4 members (excludes halogenated alkanes) is 1. The Morgan fingerprint density at radius 2 is 1.97 bits per heavy atom. The summed E-state index contributed by atoms with van der Waals surface area (Å²) in [5.74, 6) is -0.120. The third-order valence-electron chi connectivity index (χ3n) is 5.63. The average molecular weight is 398 g/mol. The Labute approximate surface area is 173 Å². The SMILES string of the molecule is CCCCOc1ccccc1[C@@H]1C(C(=O)OC)=C(C)NC2=C1C(=O)CC(C)(C)C2. The number of rotatable bonds is 6. The van der Waals surface area contributed by atoms with Gasteiger partial charge in [-0.25, -0.2) is 4.79 Å². The van der Waals surface area contributed by atoms with Gasteiger partial charge in [0.2, 0.25) is 0 Å². The standard InChI is InChI=1S/C24H31NO4/c1-6-7-12-29-19-11-9-8-10-16(19)21-20(23(27)28-5)15(2)25-17-13-24(3,4)14-18(26)22(17)21/h8-11,21,25H,6-7,12-14H2,1-5H3/t21-/m1/s1. The molecule has 1 heterocycles. The van der Waals surface area contributed by atoms with E-state index in [1.54, 1.807) is 0 Å². The van der Waals surface area contributed by atoms with Crippen molar-refractivity contribution in [2.75, 3.05) is 13.7 Å². The lowest BCUT2D eigenvalue weighted by Crippen LogP contribution is -2.38. The first-order valence-corrected chi connectivity index (χ1v) is 10.3. The molecule has 5 nitrogen and oxygen atoms in total. The molecule has 1 aliphatic carbocycles. The minimum absolute atomic E-state index is 0.0750. The molecule has 0 amide bonds. The third-order valence-corrected chi connectivity index (χ3v) is 5.63. The zero-order valence-electron chi connectivity index (χ0n) is 18.1. The van der Waals surface area contributed by atoms with Gasteiger partial charge in [-0.05, 0) is 31.2 Å². The molecule has 1 aliphatic heterocycles. The highest BCUT2D eigenvalue weighted by Crippen LogP contribution is 2.48. The maximum Gasteiger partial charge on any atom is 0.336 e. The van der Waals surface area contributed by atoms with Gasteiger partial charge < -0.3 is 14.8 Å². The number of methoxy groups -OCH3 is 1. The van der Waals surface area contributed by atoms with E-state index in [-0.39, 0.29) is 11.2 Å². The molecule has 0 unspecified atom stereocenters. The van der Waals surface area contributed by atoms with Crippen molar-refractivity contribution < 1.29 is 19.1 Å². The molecule has 1 aromatic carbocycles. The fraction of sp³-hybridized carbons (Fsp3) is 0.500. The van der Waals surface area contributed by atoms with Crippen LogP contribution in [0.2, 0.25) is 0 Å². The first kappa shape index (κ1) is 21.2. The number of nitrogens with one attached hydrogen (secondary N) is 1. The lowest BCUT2D eigenvalue weighted by atomic mass is 9.68. The quantitative estimate of drug-likeness (QED) is 0.559. The second-order valence-electron chi connectivity index (χ2n) is 8.66. The Balaban J connectivity index is 2.16. The van der Waals surface area contributed by atoms with Crippen LogP contribution in [0.3, 0.4) is 0 Å². The summed E-state index contributed by atoms with van der Waals surface area (Å²) in [5, 5.41) is 3.34. The maximum absolute atomic E-state index is 13.2. The number of dihydropyridines is 1. The van der Waals surface area contributed by atoms with Crippen molar-refractivity contribution >= 4 is 11.8 Å². The number of carbonyl (C=O) groups is 2. The smallest absolute Gasteiger partial charge is 0.336 e. The fourth-order valence-corrected chi connectivity index (χ4v) is 4.30. The normalized spacial score (nSPS) is 20.9. The van der Waals surface area contributed by atoms with Gasteiger partial charge in [0, 0.05) is 29.0 Å². The van der Waals surface area contributed by atoms with Gasteiger partial charge in [0.15, 0.2) is 5.78 Å². The van der Waals surface area contributed by atoms with E-state index in [1.807, 2.05) is 31.2 Å². The van der Waals surface area contributed by atoms with Crippen molar-refractivity contribution in [3.05, 3.63) is 52.4 Å². The fourth-order valence-electron chi connectivity index (χ4n) is 4.30. The number of benzene rings is 1. The molecule has 0 aromatic heterocycles. The highest BCUT2D eigenvalue weighted by Gasteiger charge is 2.43. The summed E-state index contributed by atoms with van der Waals surface area (Å²) in [5.41, 5.74) is 3.51. The van der Waals surface area contributed by atoms with E-state index in [4.69, 9.17) is 9.47 Å². The summed E-state index contributed by atoms with van der Waals surface area (Å²) in [6.07, 6.45) is 3.19. The predicted molar refractivity (Wildman–Crippen MR) is 112 cm³/mol. The number of carbonyl (C=O) groups excluding carboxylic acids is 2. The zero-order chi connectivity index (χ0) is 21.2. The maximum atomic E-state index is 13.2. The van der Waals surface area contributed by atoms with E-state index in [0.717, 1.165) is 36.2 Å². The molecular weight excluding hydrogens is 366 g/mol. The van der Waals surface area contributed by atoms with Crippen LogP contribution in [0.4, 0.5) is 0 Å². The molecular formula is C24H31NO4. The van der Waals surface area contributed by atoms with Crippen LogP contribution in [0, 0.1) is 5.41 Å². The van der Waals surface area contributed by atoms with E-state index in [0.29, 0.717) is 29.9 Å². The van der Waals surface area contributed by atoms with E-state index in [9.17, 15) is 9.59 Å². The summed E-state index contributed by atoms with van der Waals surface area (Å²) < 4.78 is 11.1. The van der Waals surface area contributed by atoms with Crippen LogP contribution in [-0.4, -0.2) is 25.5 Å². The monoisotopic (exact) mass is 397 g/mol. The van der Waals surface area contributed by atoms with Crippen LogP contribution in [0.15, 0.2) is 46.8 Å². The summed E-state index contributed by atoms with van der Waals surface area (Å²) in [6, 6.07) is 7.70. The second-order valence-corrected chi connectivity index (χ2v) is 8.66. The van der Waals surface area contributed by atoms with Gasteiger partial charge in [-0.1, -0.05) is 45.4 Å². The molecule has 3 rings (SSSR count). The van der Waals surface area contributed by atoms with Crippen molar-refractivity contribution in [1.29, 1.82) is 0 Å². The lowest BCUT2D eigenvalue weighted by molar-refractivity contribution is -0.136. The van der Waals surface area contributed by atoms with Crippen LogP contribution >= 0.6 is 0 Å². The largest absolute Gasteiger partial charge is 0.493 e. The molecule has 0 saturated heterocycles. The Hall–Kier alpha value is -2.56. The third kappa shape index (κ3) is 4.24. The highest BCUT2D eigenvalue weighted by atomic mass is 16.5. The first-order chi connectivity index (χ1) is 13.8. The number of para-hydroxylation sites is 1. The Bertz CT molecular complexity index is 879. The molecule has 156 valence electrons. The minimum atomic E-state index is -0.486. The van der Waals surface area contributed by atoms with Crippen molar-refractivity contribution in [3.8, 4) is 5.75 Å². The predicted octanol–water partition coefficient (Wildman–Crippen LogP) is 4.64. The summed E-state index contributed by atoms with van der Waals surface area (Å²) in [6.45, 7) is 8.78. The number of ketones is 1. The molecule has 0 radical (unpaired) electrons. The van der Waals surface area contributed by atoms with Gasteiger partial charge >= 0.3 is 5.97 Å². The Kier molecular flexibility index (Phi) is 6.15. The molecule has 0 fully saturated rings. The highest BCUT2D eigenvalue weighted by molar-refractivity contribution is 6.04. The van der Waals surface area contributed by atoms with Crippen LogP contribution in [0.25, 0.3) is 0 Å². The van der Waals surface area contributed by atoms with Gasteiger partial charge in [-0.3, -0.25) is 4.79 Å². The molecule has 29 heavy (non-hydrogen) atoms. The average Bonchev–Trinajstić information content (AvgIpc) is 2.66. The lowest BCUT2D eigenvalue weighted by Gasteiger charge is -2.39. The molecule has 2 aliphatic rings. The molecule has 1 atom stereocenters. The van der Waals surface area contributed by atoms with Gasteiger partial charge in [0.1, 0.15) is 5.75 Å². The van der Waals surface area contributed by atoms with Crippen LogP contribution in [-0.2, 0) is 14.3 Å². The molecule has 1 aromatic rings. The van der Waals surface area contributed by atoms with Crippen molar-refractivity contribution in [1.82, 2.24) is 5.32 Å². The van der Waals surface area contributed by atoms with Crippen molar-refractivity contribution in [3.63, 3.8) is 0 Å². The Morgan fingerprint density at radius 1 is 1.24 bits per heavy atom. The molecule has 1 N–H and O–H groups in total. The number of esters is 1. The number of allylic oxidation sites excluding steroid dienone is 3. The summed E-state index contributed by atoms with van der Waals surface area (Å²) in [4.78, 5) is 26.0. The van der Waals surface area contributed by atoms with Crippen LogP contribution in [0.5, 0.6) is 5.75 Å². The topological polar surface area (TPSA) is 64.6 Å². The van der Waals surface area contributed by atoms with Gasteiger partial charge in [0.05, 0.1) is 25.2 Å². The van der Waals surface area contributed by atoms with Crippen molar-refractivity contribution in [2.45, 2.75) is 59.3 Å². The summed E-state index contributed by atoms with van der Waals surface area (Å²) >= 11 is 0. The number of hydrogen-bond acceptors (Lipinski definition) is 5. The molecule has 0 saturated carbocycles. The van der Waals surface area contributed by atoms with E-state index < -0.39 is 11.9 Å². The zero-order valence-corrected chi connectivity index (χ0v) is 18.1. The minimum Gasteiger partial charge on any atom is -0.493 e. The van der Waals surface area contributed by atoms with Gasteiger partial charge in [0.25, 0.3) is 0 Å². The molecule has 5 heteroatoms. The van der Waals surface area contributed by atoms with Gasteiger partial charge in [-0.15, -0.1) is 0 Å². The number of ether oxygens (including phenoxy) is 2. The first-order valence-electron chi connectivity index (χ1n) is 10.3. The number of Topliss-reactive ketones (excluding diaryl/α,β-unsaturated/α-hetero) is 1. The van der Waals surface area contributed by atoms with E-state index >= 15 is 0 Å². The van der Waals surface area contributed by atoms with E-state index in [1.165, 1.54) is 7.11 Å². The molecule has 0 bridgehead atoms. The van der Waals surface area contributed by atoms with Crippen LogP contribution in [0.1, 0.15) is 64.9 Å². The second kappa shape index (κ2) is 8.44. The molecule has 0 spiro atoms. The summed E-state index contributed by atoms with van der Waals surface area (Å²) in [7, 11) is 1.37. The number of hydrogen-bond donors (Lipinski definition) is 1. The van der Waals surface area contributed by atoms with Gasteiger partial charge in [-0.2, -0.15) is 0 Å². The van der Waals surface area contributed by atoms with Crippen LogP contribution < -0.4 is 10.1 Å².